The van der Waals surface area contributed by atoms with Gasteiger partial charge in [-0.15, -0.1) is 11.3 Å². The molecule has 1 fully saturated rings. The van der Waals surface area contributed by atoms with E-state index in [0.717, 1.165) is 29.0 Å². The predicted octanol–water partition coefficient (Wildman–Crippen LogP) is 5.11. The van der Waals surface area contributed by atoms with Crippen LogP contribution in [0.1, 0.15) is 65.7 Å². The second-order valence-electron chi connectivity index (χ2n) is 12.0. The van der Waals surface area contributed by atoms with Crippen LogP contribution >= 0.6 is 11.3 Å². The van der Waals surface area contributed by atoms with Crippen molar-refractivity contribution in [1.82, 2.24) is 14.8 Å². The van der Waals surface area contributed by atoms with Crippen LogP contribution in [0.15, 0.2) is 53.5 Å². The van der Waals surface area contributed by atoms with Crippen LogP contribution in [0.5, 0.6) is 0 Å². The van der Waals surface area contributed by atoms with Crippen molar-refractivity contribution >= 4 is 46.0 Å². The number of thiophene rings is 1. The molecule has 0 bridgehead atoms. The number of carbonyl (C=O) groups excluding carboxylic acids is 2. The Bertz CT molecular complexity index is 1790. The van der Waals surface area contributed by atoms with E-state index in [4.69, 9.17) is 0 Å². The third-order valence-corrected chi connectivity index (χ3v) is 9.49. The molecule has 0 saturated carbocycles. The Morgan fingerprint density at radius 3 is 2.53 bits per heavy atom. The number of benzene rings is 1. The van der Waals surface area contributed by atoms with Gasteiger partial charge >= 0.3 is 0 Å². The molecule has 1 saturated heterocycles. The van der Waals surface area contributed by atoms with Crippen molar-refractivity contribution in [3.8, 4) is 11.3 Å². The molecule has 222 valence electrons. The first-order chi connectivity index (χ1) is 20.5. The minimum Gasteiger partial charge on any atom is -0.392 e. The number of hydrogen-bond acceptors (Lipinski definition) is 8. The van der Waals surface area contributed by atoms with Crippen LogP contribution in [0.4, 0.5) is 22.9 Å². The molecule has 4 aromatic rings. The molecule has 6 rings (SSSR count). The van der Waals surface area contributed by atoms with Crippen LogP contribution in [0.2, 0.25) is 0 Å². The smallest absolute Gasteiger partial charge is 0.290 e. The number of aromatic nitrogens is 3. The molecule has 0 radical (unpaired) electrons. The molecule has 5 heterocycles. The fraction of sp³-hybridized carbons (Fsp3) is 0.344. The van der Waals surface area contributed by atoms with E-state index in [1.165, 1.54) is 20.9 Å². The summed E-state index contributed by atoms with van der Waals surface area (Å²) in [5.74, 6) is 0.449. The van der Waals surface area contributed by atoms with Gasteiger partial charge in [-0.25, -0.2) is 9.67 Å². The molecule has 0 atom stereocenters. The predicted molar refractivity (Wildman–Crippen MR) is 168 cm³/mol. The fourth-order valence-electron chi connectivity index (χ4n) is 5.56. The van der Waals surface area contributed by atoms with Gasteiger partial charge in [0.15, 0.2) is 0 Å². The van der Waals surface area contributed by atoms with Crippen molar-refractivity contribution in [3.05, 3.63) is 79.9 Å². The fourth-order valence-corrected chi connectivity index (χ4v) is 6.74. The van der Waals surface area contributed by atoms with Gasteiger partial charge in [0.2, 0.25) is 5.91 Å². The molecular weight excluding hydrogens is 564 g/mol. The third kappa shape index (κ3) is 5.34. The number of amides is 2. The highest BCUT2D eigenvalue weighted by molar-refractivity contribution is 7.14. The maximum atomic E-state index is 13.5. The zero-order valence-corrected chi connectivity index (χ0v) is 25.5. The molecule has 3 aromatic heterocycles. The largest absolute Gasteiger partial charge is 0.392 e. The molecule has 43 heavy (non-hydrogen) atoms. The van der Waals surface area contributed by atoms with E-state index in [9.17, 15) is 19.5 Å². The van der Waals surface area contributed by atoms with Gasteiger partial charge in [0.05, 0.1) is 41.3 Å². The lowest BCUT2D eigenvalue weighted by molar-refractivity contribution is -0.119. The number of aryl methyl sites for hydroxylation is 1. The lowest BCUT2D eigenvalue weighted by Crippen LogP contribution is -2.35. The van der Waals surface area contributed by atoms with Crippen LogP contribution < -0.4 is 20.7 Å². The average molecular weight is 599 g/mol. The quantitative estimate of drug-likeness (QED) is 0.316. The number of pyridine rings is 1. The summed E-state index contributed by atoms with van der Waals surface area (Å²) in [6.45, 7) is 7.18. The molecule has 2 aliphatic heterocycles. The van der Waals surface area contributed by atoms with Crippen molar-refractivity contribution in [2.45, 2.75) is 58.6 Å². The van der Waals surface area contributed by atoms with Crippen molar-refractivity contribution in [1.29, 1.82) is 0 Å². The van der Waals surface area contributed by atoms with Gasteiger partial charge in [-0.05, 0) is 54.2 Å². The minimum absolute atomic E-state index is 0.0408. The highest BCUT2D eigenvalue weighted by atomic mass is 32.1. The molecule has 10 nitrogen and oxygen atoms in total. The summed E-state index contributed by atoms with van der Waals surface area (Å²) < 4.78 is 1.23. The van der Waals surface area contributed by atoms with Crippen molar-refractivity contribution in [2.75, 3.05) is 21.7 Å². The zero-order valence-electron chi connectivity index (χ0n) is 24.7. The normalized spacial score (nSPS) is 15.3. The monoisotopic (exact) mass is 598 g/mol. The Hall–Kier alpha value is -4.35. The summed E-state index contributed by atoms with van der Waals surface area (Å²) in [4.78, 5) is 48.6. The molecule has 0 aliphatic carbocycles. The molecule has 2 amide bonds. The summed E-state index contributed by atoms with van der Waals surface area (Å²) in [6, 6.07) is 12.8. The van der Waals surface area contributed by atoms with Crippen LogP contribution in [-0.4, -0.2) is 38.2 Å². The number of nitrogens with zero attached hydrogens (tertiary/aromatic N) is 5. The Labute approximate surface area is 253 Å². The Morgan fingerprint density at radius 1 is 1.05 bits per heavy atom. The van der Waals surface area contributed by atoms with Crippen LogP contribution in [0.25, 0.3) is 11.3 Å². The summed E-state index contributed by atoms with van der Waals surface area (Å²) in [5.41, 5.74) is 3.81. The van der Waals surface area contributed by atoms with E-state index in [2.05, 4.69) is 42.2 Å². The first kappa shape index (κ1) is 28.8. The van der Waals surface area contributed by atoms with E-state index < -0.39 is 0 Å². The van der Waals surface area contributed by atoms with Crippen molar-refractivity contribution < 1.29 is 14.7 Å². The number of aliphatic hydroxyl groups excluding tert-OH is 1. The topological polar surface area (TPSA) is 121 Å². The first-order valence-electron chi connectivity index (χ1n) is 14.3. The number of rotatable bonds is 6. The van der Waals surface area contributed by atoms with Crippen molar-refractivity contribution in [3.63, 3.8) is 0 Å². The average Bonchev–Trinajstić information content (AvgIpc) is 3.55. The van der Waals surface area contributed by atoms with E-state index >= 15 is 0 Å². The van der Waals surface area contributed by atoms with E-state index in [0.29, 0.717) is 47.8 Å². The number of piperidine rings is 1. The van der Waals surface area contributed by atoms with Crippen LogP contribution in [0.3, 0.4) is 0 Å². The molecule has 0 spiro atoms. The lowest BCUT2D eigenvalue weighted by Gasteiger charge is -2.26. The zero-order chi connectivity index (χ0) is 30.5. The van der Waals surface area contributed by atoms with E-state index in [1.807, 2.05) is 24.3 Å². The van der Waals surface area contributed by atoms with E-state index in [1.54, 1.807) is 35.2 Å². The van der Waals surface area contributed by atoms with Gasteiger partial charge in [-0.3, -0.25) is 14.4 Å². The van der Waals surface area contributed by atoms with Crippen molar-refractivity contribution in [2.24, 2.45) is 7.05 Å². The number of nitrogens with one attached hydrogen (secondary N) is 1. The maximum Gasteiger partial charge on any atom is 0.290 e. The summed E-state index contributed by atoms with van der Waals surface area (Å²) in [5, 5.41) is 18.1. The number of anilines is 4. The van der Waals surface area contributed by atoms with E-state index in [-0.39, 0.29) is 35.1 Å². The molecule has 1 aromatic carbocycles. The van der Waals surface area contributed by atoms with Gasteiger partial charge in [0.25, 0.3) is 11.5 Å². The summed E-state index contributed by atoms with van der Waals surface area (Å²) in [7, 11) is 1.56. The second kappa shape index (κ2) is 11.1. The number of hydrogen-bond donors (Lipinski definition) is 2. The van der Waals surface area contributed by atoms with Gasteiger partial charge in [0.1, 0.15) is 11.5 Å². The number of fused-ring (bicyclic) bond motifs is 1. The highest BCUT2D eigenvalue weighted by Crippen LogP contribution is 2.41. The van der Waals surface area contributed by atoms with Crippen LogP contribution in [0, 0.1) is 0 Å². The first-order valence-corrected chi connectivity index (χ1v) is 15.2. The third-order valence-electron chi connectivity index (χ3n) is 7.90. The second-order valence-corrected chi connectivity index (χ2v) is 13.0. The molecule has 2 N–H and O–H groups in total. The molecule has 0 unspecified atom stereocenters. The minimum atomic E-state index is -0.351. The Balaban J connectivity index is 1.30. The summed E-state index contributed by atoms with van der Waals surface area (Å²) in [6.07, 6.45) is 4.02. The van der Waals surface area contributed by atoms with Crippen LogP contribution in [-0.2, 0) is 30.4 Å². The van der Waals surface area contributed by atoms with Gasteiger partial charge in [-0.2, -0.15) is 5.10 Å². The maximum absolute atomic E-state index is 13.5. The number of aliphatic hydroxyl groups is 1. The van der Waals surface area contributed by atoms with Gasteiger partial charge < -0.3 is 20.2 Å². The SMILES string of the molecule is Cn1nc(-c2cccc(N3Cc4cc(C(C)(C)C)sc4C3=O)c2CO)cc(Nc2ccc(N3CCCCC3=O)cn2)c1=O. The lowest BCUT2D eigenvalue weighted by atomic mass is 9.94. The van der Waals surface area contributed by atoms with Gasteiger partial charge in [0, 0.05) is 36.0 Å². The van der Waals surface area contributed by atoms with Gasteiger partial charge in [-0.1, -0.05) is 32.9 Å². The molecule has 11 heteroatoms. The Kier molecular flexibility index (Phi) is 7.39. The highest BCUT2D eigenvalue weighted by Gasteiger charge is 2.34. The Morgan fingerprint density at radius 2 is 1.86 bits per heavy atom. The number of carbonyl (C=O) groups is 2. The summed E-state index contributed by atoms with van der Waals surface area (Å²) >= 11 is 1.53. The standard InChI is InChI=1S/C32H34N6O4S/c1-32(2,3)26-14-19-17-38(31(42)29(19)43-26)25-9-7-8-21(22(25)18-39)23-15-24(30(41)36(4)35-23)34-27-12-11-20(16-33-27)37-13-6-5-10-28(37)40/h7-9,11-12,14-16,39H,5-6,10,13,17-18H2,1-4H3,(H,33,34). The molecule has 2 aliphatic rings. The molecular formula is C32H34N6O4S.